The number of benzene rings is 2. The number of halogens is 1. The summed E-state index contributed by atoms with van der Waals surface area (Å²) in [7, 11) is 0. The smallest absolute Gasteiger partial charge is 0.252 e. The Morgan fingerprint density at radius 2 is 2.03 bits per heavy atom. The maximum Gasteiger partial charge on any atom is 0.252 e. The number of nitrogens with zero attached hydrogens (tertiary/aromatic N) is 3. The van der Waals surface area contributed by atoms with Gasteiger partial charge < -0.3 is 15.7 Å². The van der Waals surface area contributed by atoms with Gasteiger partial charge in [-0.05, 0) is 41.8 Å². The van der Waals surface area contributed by atoms with E-state index in [2.05, 4.69) is 20.7 Å². The van der Waals surface area contributed by atoms with Gasteiger partial charge in [0.25, 0.3) is 5.91 Å². The van der Waals surface area contributed by atoms with Crippen LogP contribution < -0.4 is 10.6 Å². The Hall–Kier alpha value is -3.52. The van der Waals surface area contributed by atoms with E-state index >= 15 is 0 Å². The van der Waals surface area contributed by atoms with Crippen molar-refractivity contribution in [2.24, 2.45) is 0 Å². The Morgan fingerprint density at radius 3 is 2.84 bits per heavy atom. The number of anilines is 1. The van der Waals surface area contributed by atoms with E-state index < -0.39 is 0 Å². The fourth-order valence-electron chi connectivity index (χ4n) is 4.48. The summed E-state index contributed by atoms with van der Waals surface area (Å²) in [6, 6.07) is 11.8. The zero-order valence-electron chi connectivity index (χ0n) is 16.8. The lowest BCUT2D eigenvalue weighted by molar-refractivity contribution is 0.0958. The predicted molar refractivity (Wildman–Crippen MR) is 114 cm³/mol. The summed E-state index contributed by atoms with van der Waals surface area (Å²) >= 11 is 0. The second kappa shape index (κ2) is 7.96. The van der Waals surface area contributed by atoms with Crippen molar-refractivity contribution in [3.05, 3.63) is 83.2 Å². The number of aryl methyl sites for hydroxylation is 1. The molecular weight excluding hydrogens is 397 g/mol. The van der Waals surface area contributed by atoms with Gasteiger partial charge in [0.05, 0.1) is 12.0 Å². The highest BCUT2D eigenvalue weighted by molar-refractivity contribution is 6.04. The molecule has 0 aliphatic carbocycles. The molecule has 2 aliphatic heterocycles. The number of carbonyl (C=O) groups excluding carboxylic acids is 1. The molecule has 158 valence electrons. The summed E-state index contributed by atoms with van der Waals surface area (Å²) in [5.41, 5.74) is 4.21. The summed E-state index contributed by atoms with van der Waals surface area (Å²) in [6.45, 7) is 0.981. The van der Waals surface area contributed by atoms with Crippen LogP contribution in [0.4, 0.5) is 10.1 Å². The van der Waals surface area contributed by atoms with E-state index in [4.69, 9.17) is 0 Å². The van der Waals surface area contributed by atoms with Crippen LogP contribution in [0.1, 0.15) is 45.7 Å². The zero-order chi connectivity index (χ0) is 21.4. The van der Waals surface area contributed by atoms with Crippen LogP contribution in [0.25, 0.3) is 5.57 Å². The van der Waals surface area contributed by atoms with E-state index in [9.17, 15) is 14.3 Å². The summed E-state index contributed by atoms with van der Waals surface area (Å²) in [4.78, 5) is 17.2. The molecular formula is C23H22FN5O2. The van der Waals surface area contributed by atoms with Crippen molar-refractivity contribution in [3.63, 3.8) is 0 Å². The van der Waals surface area contributed by atoms with Gasteiger partial charge in [0, 0.05) is 36.5 Å². The summed E-state index contributed by atoms with van der Waals surface area (Å²) < 4.78 is 15.4. The molecule has 0 saturated carbocycles. The predicted octanol–water partition coefficient (Wildman–Crippen LogP) is 2.88. The third kappa shape index (κ3) is 3.38. The van der Waals surface area contributed by atoms with Crippen LogP contribution in [-0.2, 0) is 6.54 Å². The highest BCUT2D eigenvalue weighted by Gasteiger charge is 2.39. The van der Waals surface area contributed by atoms with Crippen molar-refractivity contribution in [1.82, 2.24) is 20.1 Å². The molecule has 2 atom stereocenters. The van der Waals surface area contributed by atoms with E-state index in [1.54, 1.807) is 16.8 Å². The van der Waals surface area contributed by atoms with E-state index in [0.717, 1.165) is 28.2 Å². The van der Waals surface area contributed by atoms with Gasteiger partial charge in [0.15, 0.2) is 0 Å². The van der Waals surface area contributed by atoms with Gasteiger partial charge in [-0.3, -0.25) is 4.79 Å². The van der Waals surface area contributed by atoms with Gasteiger partial charge in [0.2, 0.25) is 0 Å². The molecule has 0 bridgehead atoms. The normalized spacial score (nSPS) is 19.7. The largest absolute Gasteiger partial charge is 0.396 e. The van der Waals surface area contributed by atoms with Crippen molar-refractivity contribution in [3.8, 4) is 0 Å². The van der Waals surface area contributed by atoms with Crippen LogP contribution in [0.5, 0.6) is 0 Å². The molecule has 31 heavy (non-hydrogen) atoms. The molecule has 7 nitrogen and oxygen atoms in total. The molecule has 8 heteroatoms. The average molecular weight is 419 g/mol. The molecule has 1 amide bonds. The van der Waals surface area contributed by atoms with E-state index in [1.807, 2.05) is 24.3 Å². The standard InChI is InChI=1S/C23H22FN5O2/c24-15-7-5-14(6-8-15)21-20(22-26-13-27-29(22)11-2-12-30)16-9-10-25-23(31)17-3-1-4-18(28-21)19(16)17/h1,3-9,13,20-21,28,30H,2,10-12H2,(H,25,31). The molecule has 1 aromatic heterocycles. The Morgan fingerprint density at radius 1 is 1.19 bits per heavy atom. The number of carbonyl (C=O) groups is 1. The number of aromatic nitrogens is 3. The van der Waals surface area contributed by atoms with Crippen molar-refractivity contribution in [2.45, 2.75) is 24.9 Å². The van der Waals surface area contributed by atoms with Crippen LogP contribution in [0.3, 0.4) is 0 Å². The Labute approximate surface area is 178 Å². The van der Waals surface area contributed by atoms with Crippen LogP contribution in [0.15, 0.2) is 54.9 Å². The molecule has 0 saturated heterocycles. The molecule has 3 N–H and O–H groups in total. The molecule has 0 fully saturated rings. The topological polar surface area (TPSA) is 92.1 Å². The summed E-state index contributed by atoms with van der Waals surface area (Å²) in [5, 5.41) is 20.2. The van der Waals surface area contributed by atoms with Gasteiger partial charge >= 0.3 is 0 Å². The molecule has 5 rings (SSSR count). The van der Waals surface area contributed by atoms with Crippen LogP contribution in [-0.4, -0.2) is 38.9 Å². The zero-order valence-corrected chi connectivity index (χ0v) is 16.8. The van der Waals surface area contributed by atoms with Crippen molar-refractivity contribution in [2.75, 3.05) is 18.5 Å². The van der Waals surface area contributed by atoms with Crippen molar-refractivity contribution >= 4 is 17.2 Å². The maximum atomic E-state index is 13.6. The first-order valence-electron chi connectivity index (χ1n) is 10.3. The minimum atomic E-state index is -0.298. The third-order valence-corrected chi connectivity index (χ3v) is 5.84. The molecule has 2 aromatic carbocycles. The average Bonchev–Trinajstić information content (AvgIpc) is 3.18. The lowest BCUT2D eigenvalue weighted by atomic mass is 9.77. The SMILES string of the molecule is O=C1NCC=C2c3c(cccc31)NC(c1ccc(F)cc1)C2c1ncnn1CCCO. The lowest BCUT2D eigenvalue weighted by Crippen LogP contribution is -2.29. The monoisotopic (exact) mass is 419 g/mol. The van der Waals surface area contributed by atoms with E-state index in [1.165, 1.54) is 18.5 Å². The maximum absolute atomic E-state index is 13.6. The first-order chi connectivity index (χ1) is 15.2. The minimum Gasteiger partial charge on any atom is -0.396 e. The number of hydrogen-bond donors (Lipinski definition) is 3. The molecule has 3 heterocycles. The summed E-state index contributed by atoms with van der Waals surface area (Å²) in [6.07, 6.45) is 4.09. The lowest BCUT2D eigenvalue weighted by Gasteiger charge is -2.37. The first-order valence-corrected chi connectivity index (χ1v) is 10.3. The number of aliphatic hydroxyl groups excluding tert-OH is 1. The Kier molecular flexibility index (Phi) is 4.99. The number of nitrogens with one attached hydrogen (secondary N) is 2. The van der Waals surface area contributed by atoms with Gasteiger partial charge in [-0.25, -0.2) is 14.1 Å². The van der Waals surface area contributed by atoms with E-state index in [0.29, 0.717) is 25.1 Å². The fourth-order valence-corrected chi connectivity index (χ4v) is 4.48. The second-order valence-electron chi connectivity index (χ2n) is 7.67. The molecule has 2 unspecified atom stereocenters. The van der Waals surface area contributed by atoms with Gasteiger partial charge in [-0.2, -0.15) is 5.10 Å². The van der Waals surface area contributed by atoms with Gasteiger partial charge in [-0.15, -0.1) is 0 Å². The fraction of sp³-hybridized carbons (Fsp3) is 0.261. The van der Waals surface area contributed by atoms with Gasteiger partial charge in [0.1, 0.15) is 18.0 Å². The Balaban J connectivity index is 1.71. The third-order valence-electron chi connectivity index (χ3n) is 5.84. The summed E-state index contributed by atoms with van der Waals surface area (Å²) in [5.74, 6) is 0.0587. The first kappa shape index (κ1) is 19.4. The number of aliphatic hydroxyl groups is 1. The minimum absolute atomic E-state index is 0.0533. The van der Waals surface area contributed by atoms with Crippen LogP contribution >= 0.6 is 0 Å². The van der Waals surface area contributed by atoms with Crippen molar-refractivity contribution in [1.29, 1.82) is 0 Å². The molecule has 2 aliphatic rings. The van der Waals surface area contributed by atoms with Crippen LogP contribution in [0, 0.1) is 5.82 Å². The molecule has 0 spiro atoms. The van der Waals surface area contributed by atoms with E-state index in [-0.39, 0.29) is 30.3 Å². The van der Waals surface area contributed by atoms with Crippen LogP contribution in [0.2, 0.25) is 0 Å². The highest BCUT2D eigenvalue weighted by atomic mass is 19.1. The highest BCUT2D eigenvalue weighted by Crippen LogP contribution is 2.50. The molecule has 3 aromatic rings. The number of rotatable bonds is 5. The number of hydrogen-bond acceptors (Lipinski definition) is 5. The van der Waals surface area contributed by atoms with Crippen molar-refractivity contribution < 1.29 is 14.3 Å². The molecule has 0 radical (unpaired) electrons. The Bertz CT molecular complexity index is 1160. The number of amides is 1. The quantitative estimate of drug-likeness (QED) is 0.592. The second-order valence-corrected chi connectivity index (χ2v) is 7.67. The van der Waals surface area contributed by atoms with Gasteiger partial charge in [-0.1, -0.05) is 24.3 Å².